The monoisotopic (exact) mass is 396 g/mol. The summed E-state index contributed by atoms with van der Waals surface area (Å²) in [6, 6.07) is 0. The van der Waals surface area contributed by atoms with Gasteiger partial charge in [0.05, 0.1) is 0 Å². The molecule has 8 N–H and O–H groups in total. The smallest absolute Gasteiger partial charge is 0.268 e. The molecule has 0 aromatic rings. The number of hydrogen-bond donors (Lipinski definition) is 7. The molecule has 0 aromatic carbocycles. The summed E-state index contributed by atoms with van der Waals surface area (Å²) >= 11 is 0. The van der Waals surface area contributed by atoms with Gasteiger partial charge in [-0.05, 0) is 0 Å². The van der Waals surface area contributed by atoms with Crippen LogP contribution in [0.4, 0.5) is 0 Å². The van der Waals surface area contributed by atoms with Crippen molar-refractivity contribution in [3.63, 3.8) is 0 Å². The number of nitrogens with zero attached hydrogens (tertiary/aromatic N) is 3. The molecule has 2 heterocycles. The highest BCUT2D eigenvalue weighted by molar-refractivity contribution is 6.02. The van der Waals surface area contributed by atoms with Crippen molar-refractivity contribution in [1.82, 2.24) is 36.4 Å². The highest BCUT2D eigenvalue weighted by Gasteiger charge is 2.22. The van der Waals surface area contributed by atoms with Gasteiger partial charge in [-0.15, -0.1) is 0 Å². The van der Waals surface area contributed by atoms with Gasteiger partial charge in [-0.2, -0.15) is 4.99 Å². The van der Waals surface area contributed by atoms with Crippen LogP contribution in [0.25, 0.3) is 0 Å². The molecule has 0 saturated carbocycles. The molecule has 0 aliphatic carbocycles. The Balaban J connectivity index is 1.29. The number of nitrogens with one attached hydrogen (secondary N) is 6. The molecular formula is C16H32N10O2. The first-order valence-corrected chi connectivity index (χ1v) is 9.64. The molecule has 28 heavy (non-hydrogen) atoms. The molecule has 2 rings (SSSR count). The minimum Gasteiger partial charge on any atom is -0.369 e. The second-order valence-corrected chi connectivity index (χ2v) is 6.60. The molecule has 1 fully saturated rings. The summed E-state index contributed by atoms with van der Waals surface area (Å²) in [4.78, 5) is 29.4. The van der Waals surface area contributed by atoms with E-state index in [4.69, 9.17) is 11.1 Å². The number of nitrogens with two attached hydrogens (primary N) is 1. The number of aliphatic imine (C=N–C) groups is 1. The summed E-state index contributed by atoms with van der Waals surface area (Å²) in [6.45, 7) is 8.61. The summed E-state index contributed by atoms with van der Waals surface area (Å²) in [5.74, 6) is 0.210. The third-order valence-corrected chi connectivity index (χ3v) is 4.35. The van der Waals surface area contributed by atoms with Crippen LogP contribution >= 0.6 is 0 Å². The van der Waals surface area contributed by atoms with Crippen LogP contribution in [-0.4, -0.2) is 112 Å². The van der Waals surface area contributed by atoms with E-state index in [1.54, 1.807) is 9.80 Å². The fourth-order valence-corrected chi connectivity index (χ4v) is 2.82. The SMILES string of the molecule is N=C1NC(=O)CN1CCNCCNCCNCCNCCN1CC(=O)N=C1N. The minimum absolute atomic E-state index is 0.114. The Labute approximate surface area is 165 Å². The van der Waals surface area contributed by atoms with E-state index in [1.165, 1.54) is 0 Å². The van der Waals surface area contributed by atoms with Crippen LogP contribution in [-0.2, 0) is 9.59 Å². The molecule has 12 heteroatoms. The maximum Gasteiger partial charge on any atom is 0.268 e. The maximum atomic E-state index is 11.1. The van der Waals surface area contributed by atoms with Crippen LogP contribution in [0.5, 0.6) is 0 Å². The Kier molecular flexibility index (Phi) is 9.62. The second kappa shape index (κ2) is 12.2. The van der Waals surface area contributed by atoms with Crippen LogP contribution in [0.2, 0.25) is 0 Å². The van der Waals surface area contributed by atoms with Crippen molar-refractivity contribution in [3.8, 4) is 0 Å². The van der Waals surface area contributed by atoms with Gasteiger partial charge in [-0.1, -0.05) is 0 Å². The van der Waals surface area contributed by atoms with E-state index < -0.39 is 0 Å². The zero-order chi connectivity index (χ0) is 20.2. The van der Waals surface area contributed by atoms with E-state index in [0.29, 0.717) is 19.0 Å². The maximum absolute atomic E-state index is 11.1. The molecular weight excluding hydrogens is 364 g/mol. The highest BCUT2D eigenvalue weighted by atomic mass is 16.2. The van der Waals surface area contributed by atoms with Gasteiger partial charge in [0.1, 0.15) is 13.1 Å². The lowest BCUT2D eigenvalue weighted by atomic mass is 10.4. The number of guanidine groups is 2. The molecule has 0 atom stereocenters. The topological polar surface area (TPSA) is 163 Å². The van der Waals surface area contributed by atoms with E-state index in [2.05, 4.69) is 31.6 Å². The van der Waals surface area contributed by atoms with E-state index in [1.807, 2.05) is 0 Å². The molecule has 0 spiro atoms. The number of carbonyl (C=O) groups excluding carboxylic acids is 2. The van der Waals surface area contributed by atoms with Crippen LogP contribution in [0.15, 0.2) is 4.99 Å². The summed E-state index contributed by atoms with van der Waals surface area (Å²) in [5.41, 5.74) is 5.63. The van der Waals surface area contributed by atoms with Crippen LogP contribution in [0.3, 0.4) is 0 Å². The Morgan fingerprint density at radius 1 is 0.857 bits per heavy atom. The first-order valence-electron chi connectivity index (χ1n) is 9.64. The highest BCUT2D eigenvalue weighted by Crippen LogP contribution is 1.97. The van der Waals surface area contributed by atoms with Gasteiger partial charge in [0.15, 0.2) is 11.9 Å². The molecule has 12 nitrogen and oxygen atoms in total. The molecule has 0 radical (unpaired) electrons. The molecule has 158 valence electrons. The third kappa shape index (κ3) is 8.17. The molecule has 2 aliphatic heterocycles. The summed E-state index contributed by atoms with van der Waals surface area (Å²) in [5, 5.41) is 23.3. The first kappa shape index (κ1) is 22.0. The van der Waals surface area contributed by atoms with Crippen molar-refractivity contribution in [2.45, 2.75) is 0 Å². The quantitative estimate of drug-likeness (QED) is 0.136. The van der Waals surface area contributed by atoms with Gasteiger partial charge in [-0.25, -0.2) is 0 Å². The lowest BCUT2D eigenvalue weighted by molar-refractivity contribution is -0.118. The first-order chi connectivity index (χ1) is 13.6. The Hall–Kier alpha value is -2.28. The minimum atomic E-state index is -0.178. The van der Waals surface area contributed by atoms with E-state index in [9.17, 15) is 9.59 Å². The largest absolute Gasteiger partial charge is 0.369 e. The predicted molar refractivity (Wildman–Crippen MR) is 107 cm³/mol. The lowest BCUT2D eigenvalue weighted by Crippen LogP contribution is -2.40. The predicted octanol–water partition coefficient (Wildman–Crippen LogP) is -4.13. The zero-order valence-corrected chi connectivity index (χ0v) is 16.2. The Morgan fingerprint density at radius 2 is 1.36 bits per heavy atom. The summed E-state index contributed by atoms with van der Waals surface area (Å²) < 4.78 is 0. The molecule has 0 aromatic heterocycles. The molecule has 0 bridgehead atoms. The fraction of sp³-hybridized carbons (Fsp3) is 0.750. The van der Waals surface area contributed by atoms with Crippen LogP contribution < -0.4 is 32.3 Å². The van der Waals surface area contributed by atoms with Gasteiger partial charge < -0.3 is 36.8 Å². The Morgan fingerprint density at radius 3 is 1.79 bits per heavy atom. The fourth-order valence-electron chi connectivity index (χ4n) is 2.82. The molecule has 2 amide bonds. The van der Waals surface area contributed by atoms with E-state index >= 15 is 0 Å². The van der Waals surface area contributed by atoms with Gasteiger partial charge in [0.2, 0.25) is 5.91 Å². The summed E-state index contributed by atoms with van der Waals surface area (Å²) in [6.07, 6.45) is 0. The van der Waals surface area contributed by atoms with E-state index in [0.717, 1.165) is 52.4 Å². The molecule has 0 unspecified atom stereocenters. The van der Waals surface area contributed by atoms with Crippen molar-refractivity contribution in [1.29, 1.82) is 5.41 Å². The number of hydrogen-bond acceptors (Lipinski definition) is 9. The number of rotatable bonds is 15. The second-order valence-electron chi connectivity index (χ2n) is 6.60. The normalized spacial score (nSPS) is 16.9. The van der Waals surface area contributed by atoms with Crippen LogP contribution in [0, 0.1) is 5.41 Å². The number of carbonyl (C=O) groups is 2. The van der Waals surface area contributed by atoms with Crippen molar-refractivity contribution in [2.75, 3.05) is 78.5 Å². The zero-order valence-electron chi connectivity index (χ0n) is 16.2. The molecule has 1 saturated heterocycles. The third-order valence-electron chi connectivity index (χ3n) is 4.35. The average molecular weight is 397 g/mol. The van der Waals surface area contributed by atoms with Crippen molar-refractivity contribution in [3.05, 3.63) is 0 Å². The average Bonchev–Trinajstić information content (AvgIpc) is 3.14. The number of amides is 2. The van der Waals surface area contributed by atoms with Crippen molar-refractivity contribution >= 4 is 23.7 Å². The lowest BCUT2D eigenvalue weighted by Gasteiger charge is -2.16. The van der Waals surface area contributed by atoms with Crippen molar-refractivity contribution in [2.24, 2.45) is 10.7 Å². The Bertz CT molecular complexity index is 554. The van der Waals surface area contributed by atoms with Crippen molar-refractivity contribution < 1.29 is 9.59 Å². The summed E-state index contributed by atoms with van der Waals surface area (Å²) in [7, 11) is 0. The van der Waals surface area contributed by atoms with Gasteiger partial charge in [-0.3, -0.25) is 20.3 Å². The van der Waals surface area contributed by atoms with Gasteiger partial charge in [0.25, 0.3) is 5.91 Å². The molecule has 2 aliphatic rings. The van der Waals surface area contributed by atoms with Gasteiger partial charge in [0, 0.05) is 65.4 Å². The van der Waals surface area contributed by atoms with Crippen LogP contribution in [0.1, 0.15) is 0 Å². The van der Waals surface area contributed by atoms with E-state index in [-0.39, 0.29) is 30.9 Å². The van der Waals surface area contributed by atoms with Gasteiger partial charge >= 0.3 is 0 Å². The standard InChI is InChI=1S/C16H32N10O2/c17-15-23-13(27)11-25(15)9-7-21-5-3-19-1-2-20-4-6-22-8-10-26-12-14(28)24-16(26)18/h19-22H,1-12H2,(H2,17,23,27)(H2,18,24,28).